The van der Waals surface area contributed by atoms with Gasteiger partial charge < -0.3 is 4.90 Å². The molecular weight excluding hydrogens is 414 g/mol. The number of hydrogen-bond donors (Lipinski definition) is 0. The number of likely N-dealkylation sites (tertiary alicyclic amines) is 1. The molecule has 0 N–H and O–H groups in total. The number of hydrogen-bond acceptors (Lipinski definition) is 1. The summed E-state index contributed by atoms with van der Waals surface area (Å²) < 4.78 is 157. The smallest absolute Gasteiger partial charge is 0.337 e. The molecule has 160 valence electrons. The van der Waals surface area contributed by atoms with Gasteiger partial charge in [0.2, 0.25) is 0 Å². The summed E-state index contributed by atoms with van der Waals surface area (Å²) in [5.74, 6) is -39.8. The Morgan fingerprint density at radius 2 is 1.37 bits per heavy atom. The molecule has 1 aliphatic rings. The summed E-state index contributed by atoms with van der Waals surface area (Å²) in [6, 6.07) is 0. The summed E-state index contributed by atoms with van der Waals surface area (Å²) in [4.78, 5) is 11.6. The molecule has 0 aromatic heterocycles. The molecule has 1 rings (SSSR count). The maximum Gasteiger partial charge on any atom is 0.392 e. The molecule has 1 amide bonds. The lowest BCUT2D eigenvalue weighted by Crippen LogP contribution is -2.71. The second-order valence-electron chi connectivity index (χ2n) is 6.22. The highest BCUT2D eigenvalue weighted by atomic mass is 19.4. The van der Waals surface area contributed by atoms with E-state index < -0.39 is 61.0 Å². The molecule has 1 aliphatic heterocycles. The SMILES string of the molecule is CC1CCCN(C(=O)C(F)(F)C(F)(F)C(F)(F)C(F)(F)C(F)(F)C(F)F)C1. The van der Waals surface area contributed by atoms with Crippen molar-refractivity contribution in [2.75, 3.05) is 13.1 Å². The van der Waals surface area contributed by atoms with Crippen molar-refractivity contribution >= 4 is 5.91 Å². The monoisotopic (exact) mass is 427 g/mol. The molecule has 0 radical (unpaired) electrons. The average molecular weight is 427 g/mol. The van der Waals surface area contributed by atoms with Gasteiger partial charge in [0.25, 0.3) is 5.91 Å². The van der Waals surface area contributed by atoms with E-state index in [0.29, 0.717) is 6.42 Å². The quantitative estimate of drug-likeness (QED) is 0.564. The molecule has 1 saturated heterocycles. The topological polar surface area (TPSA) is 20.3 Å². The third-order valence-corrected chi connectivity index (χ3v) is 4.09. The first-order chi connectivity index (χ1) is 11.9. The molecule has 0 aromatic carbocycles. The molecule has 1 fully saturated rings. The first kappa shape index (κ1) is 23.7. The van der Waals surface area contributed by atoms with Crippen molar-refractivity contribution in [2.24, 2.45) is 5.92 Å². The Labute approximate surface area is 144 Å². The van der Waals surface area contributed by atoms with Gasteiger partial charge in [-0.2, -0.15) is 43.9 Å². The Hall–Kier alpha value is -1.37. The molecule has 1 heterocycles. The number of rotatable bonds is 6. The molecule has 0 spiro atoms. The number of alkyl halides is 12. The van der Waals surface area contributed by atoms with Crippen LogP contribution in [0.5, 0.6) is 0 Å². The van der Waals surface area contributed by atoms with Crippen LogP contribution in [-0.2, 0) is 4.79 Å². The molecule has 1 atom stereocenters. The van der Waals surface area contributed by atoms with Gasteiger partial charge in [0.1, 0.15) is 0 Å². The molecule has 27 heavy (non-hydrogen) atoms. The zero-order chi connectivity index (χ0) is 21.6. The van der Waals surface area contributed by atoms with Gasteiger partial charge >= 0.3 is 36.0 Å². The fourth-order valence-corrected chi connectivity index (χ4v) is 2.45. The fraction of sp³-hybridized carbons (Fsp3) is 0.923. The van der Waals surface area contributed by atoms with E-state index in [9.17, 15) is 57.5 Å². The minimum Gasteiger partial charge on any atom is -0.337 e. The van der Waals surface area contributed by atoms with Gasteiger partial charge in [-0.25, -0.2) is 8.78 Å². The van der Waals surface area contributed by atoms with Crippen LogP contribution >= 0.6 is 0 Å². The largest absolute Gasteiger partial charge is 0.392 e. The molecule has 14 heteroatoms. The highest BCUT2D eigenvalue weighted by Gasteiger charge is 2.89. The van der Waals surface area contributed by atoms with Crippen molar-refractivity contribution < 1.29 is 57.5 Å². The van der Waals surface area contributed by atoms with E-state index in [2.05, 4.69) is 0 Å². The summed E-state index contributed by atoms with van der Waals surface area (Å²) in [6.07, 6.45) is -5.20. The van der Waals surface area contributed by atoms with E-state index >= 15 is 0 Å². The number of halogens is 12. The van der Waals surface area contributed by atoms with E-state index in [0.717, 1.165) is 0 Å². The van der Waals surface area contributed by atoms with E-state index in [1.165, 1.54) is 6.92 Å². The number of nitrogens with zero attached hydrogens (tertiary/aromatic N) is 1. The number of amides is 1. The number of carbonyl (C=O) groups excluding carboxylic acids is 1. The Morgan fingerprint density at radius 1 is 0.889 bits per heavy atom. The Morgan fingerprint density at radius 3 is 1.78 bits per heavy atom. The summed E-state index contributed by atoms with van der Waals surface area (Å²) in [5, 5.41) is 0. The maximum absolute atomic E-state index is 13.7. The number of piperidine rings is 1. The van der Waals surface area contributed by atoms with Gasteiger partial charge in [-0.05, 0) is 18.8 Å². The van der Waals surface area contributed by atoms with Crippen LogP contribution in [0.4, 0.5) is 52.7 Å². The highest BCUT2D eigenvalue weighted by Crippen LogP contribution is 2.58. The fourth-order valence-electron chi connectivity index (χ4n) is 2.45. The molecule has 0 saturated carbocycles. The lowest BCUT2D eigenvalue weighted by Gasteiger charge is -2.40. The normalized spacial score (nSPS) is 21.0. The molecule has 0 bridgehead atoms. The van der Waals surface area contributed by atoms with Gasteiger partial charge in [0.15, 0.2) is 0 Å². The lowest BCUT2D eigenvalue weighted by atomic mass is 9.92. The zero-order valence-electron chi connectivity index (χ0n) is 13.4. The van der Waals surface area contributed by atoms with Crippen molar-refractivity contribution in [3.05, 3.63) is 0 Å². The summed E-state index contributed by atoms with van der Waals surface area (Å²) in [5.41, 5.74) is 0. The van der Waals surface area contributed by atoms with Gasteiger partial charge in [-0.15, -0.1) is 0 Å². The van der Waals surface area contributed by atoms with Crippen molar-refractivity contribution in [3.8, 4) is 0 Å². The van der Waals surface area contributed by atoms with Crippen LogP contribution < -0.4 is 0 Å². The van der Waals surface area contributed by atoms with Crippen LogP contribution in [0, 0.1) is 5.92 Å². The third kappa shape index (κ3) is 3.43. The summed E-state index contributed by atoms with van der Waals surface area (Å²) >= 11 is 0. The minimum absolute atomic E-state index is 0.00154. The molecule has 1 unspecified atom stereocenters. The summed E-state index contributed by atoms with van der Waals surface area (Å²) in [7, 11) is 0. The zero-order valence-corrected chi connectivity index (χ0v) is 13.4. The van der Waals surface area contributed by atoms with Crippen LogP contribution in [0.25, 0.3) is 0 Å². The molecule has 0 aromatic rings. The molecule has 0 aliphatic carbocycles. The first-order valence-electron chi connectivity index (χ1n) is 7.32. The van der Waals surface area contributed by atoms with Crippen LogP contribution in [-0.4, -0.2) is 59.9 Å². The third-order valence-electron chi connectivity index (χ3n) is 4.09. The van der Waals surface area contributed by atoms with E-state index in [1.807, 2.05) is 0 Å². The van der Waals surface area contributed by atoms with Gasteiger partial charge in [-0.3, -0.25) is 4.79 Å². The molecular formula is C13H13F12NO. The Bertz CT molecular complexity index is 561. The van der Waals surface area contributed by atoms with Gasteiger partial charge in [0, 0.05) is 13.1 Å². The average Bonchev–Trinajstić information content (AvgIpc) is 2.53. The second kappa shape index (κ2) is 6.90. The van der Waals surface area contributed by atoms with Crippen molar-refractivity contribution in [3.63, 3.8) is 0 Å². The van der Waals surface area contributed by atoms with Gasteiger partial charge in [0.05, 0.1) is 0 Å². The predicted molar refractivity (Wildman–Crippen MR) is 65.7 cm³/mol. The van der Waals surface area contributed by atoms with Gasteiger partial charge in [-0.1, -0.05) is 6.92 Å². The van der Waals surface area contributed by atoms with Crippen molar-refractivity contribution in [1.29, 1.82) is 0 Å². The van der Waals surface area contributed by atoms with Crippen LogP contribution in [0.3, 0.4) is 0 Å². The highest BCUT2D eigenvalue weighted by molar-refractivity contribution is 5.85. The van der Waals surface area contributed by atoms with E-state index in [4.69, 9.17) is 0 Å². The summed E-state index contributed by atoms with van der Waals surface area (Å²) in [6.45, 7) is 0.200. The molecule has 2 nitrogen and oxygen atoms in total. The van der Waals surface area contributed by atoms with Crippen molar-refractivity contribution in [1.82, 2.24) is 4.90 Å². The Kier molecular flexibility index (Phi) is 6.05. The van der Waals surface area contributed by atoms with Crippen molar-refractivity contribution in [2.45, 2.75) is 55.8 Å². The lowest BCUT2D eigenvalue weighted by molar-refractivity contribution is -0.407. The maximum atomic E-state index is 13.7. The van der Waals surface area contributed by atoms with E-state index in [1.54, 1.807) is 0 Å². The van der Waals surface area contributed by atoms with E-state index in [-0.39, 0.29) is 11.3 Å². The predicted octanol–water partition coefficient (Wildman–Crippen LogP) is 4.69. The number of carbonyl (C=O) groups is 1. The standard InChI is InChI=1S/C13H13F12NO/c1-6-3-2-4-26(5-6)8(27)10(18,19)12(22,23)13(24,25)11(20,21)9(16,17)7(14)15/h6-7H,2-5H2,1H3. The van der Waals surface area contributed by atoms with Crippen LogP contribution in [0.2, 0.25) is 0 Å². The first-order valence-corrected chi connectivity index (χ1v) is 7.32. The second-order valence-corrected chi connectivity index (χ2v) is 6.22. The van der Waals surface area contributed by atoms with Crippen LogP contribution in [0.15, 0.2) is 0 Å². The van der Waals surface area contributed by atoms with Crippen LogP contribution in [0.1, 0.15) is 19.8 Å². The minimum atomic E-state index is -7.68. The Balaban J connectivity index is 3.33.